The monoisotopic (exact) mass is 353 g/mol. The second kappa shape index (κ2) is 8.61. The number of carbonyl (C=O) groups is 2. The van der Waals surface area contributed by atoms with Crippen molar-refractivity contribution >= 4 is 17.5 Å². The molecule has 138 valence electrons. The van der Waals surface area contributed by atoms with E-state index >= 15 is 0 Å². The number of amides is 2. The molecule has 0 atom stereocenters. The third-order valence-electron chi connectivity index (χ3n) is 4.08. The van der Waals surface area contributed by atoms with Crippen LogP contribution in [0.1, 0.15) is 66.9 Å². The summed E-state index contributed by atoms with van der Waals surface area (Å²) in [5.41, 5.74) is 2.60. The Labute approximate surface area is 155 Å². The zero-order valence-corrected chi connectivity index (χ0v) is 15.9. The summed E-state index contributed by atoms with van der Waals surface area (Å²) >= 11 is 0. The van der Waals surface area contributed by atoms with Crippen LogP contribution in [0.4, 0.5) is 5.69 Å². The van der Waals surface area contributed by atoms with Gasteiger partial charge in [0.15, 0.2) is 0 Å². The number of pyridine rings is 1. The van der Waals surface area contributed by atoms with E-state index in [0.29, 0.717) is 17.8 Å². The second-order valence-electron chi connectivity index (χ2n) is 7.32. The molecule has 2 amide bonds. The van der Waals surface area contributed by atoms with Gasteiger partial charge in [-0.25, -0.2) is 0 Å². The second-order valence-corrected chi connectivity index (χ2v) is 7.32. The van der Waals surface area contributed by atoms with E-state index in [2.05, 4.69) is 43.3 Å². The highest BCUT2D eigenvalue weighted by Crippen LogP contribution is 2.23. The smallest absolute Gasteiger partial charge is 0.274 e. The minimum Gasteiger partial charge on any atom is -0.352 e. The molecular formula is C21H27N3O2. The number of nitrogens with zero attached hydrogens (tertiary/aromatic N) is 1. The molecule has 0 saturated heterocycles. The number of carbonyl (C=O) groups excluding carboxylic acids is 2. The summed E-state index contributed by atoms with van der Waals surface area (Å²) in [6, 6.07) is 10.9. The lowest BCUT2D eigenvalue weighted by Gasteiger charge is -2.19. The summed E-state index contributed by atoms with van der Waals surface area (Å²) in [5.74, 6) is -0.527. The quantitative estimate of drug-likeness (QED) is 0.766. The Balaban J connectivity index is 2.05. The van der Waals surface area contributed by atoms with Gasteiger partial charge in [0, 0.05) is 24.0 Å². The summed E-state index contributed by atoms with van der Waals surface area (Å²) in [6.45, 7) is 9.11. The summed E-state index contributed by atoms with van der Waals surface area (Å²) < 4.78 is 0. The Hall–Kier alpha value is -2.69. The lowest BCUT2D eigenvalue weighted by atomic mass is 9.87. The molecule has 1 aromatic heterocycles. The zero-order chi connectivity index (χ0) is 19.2. The van der Waals surface area contributed by atoms with Crippen molar-refractivity contribution in [3.8, 4) is 0 Å². The molecule has 0 aliphatic carbocycles. The van der Waals surface area contributed by atoms with E-state index < -0.39 is 0 Å². The van der Waals surface area contributed by atoms with E-state index in [1.54, 1.807) is 6.07 Å². The highest BCUT2D eigenvalue weighted by atomic mass is 16.2. The van der Waals surface area contributed by atoms with Gasteiger partial charge in [-0.1, -0.05) is 46.2 Å². The van der Waals surface area contributed by atoms with Gasteiger partial charge in [-0.2, -0.15) is 0 Å². The summed E-state index contributed by atoms with van der Waals surface area (Å²) in [4.78, 5) is 28.6. The van der Waals surface area contributed by atoms with E-state index in [1.165, 1.54) is 17.8 Å². The normalized spacial score (nSPS) is 11.1. The van der Waals surface area contributed by atoms with Gasteiger partial charge in [0.1, 0.15) is 5.69 Å². The first kappa shape index (κ1) is 19.6. The number of benzene rings is 1. The van der Waals surface area contributed by atoms with E-state index in [4.69, 9.17) is 0 Å². The average Bonchev–Trinajstić information content (AvgIpc) is 2.61. The van der Waals surface area contributed by atoms with Crippen molar-refractivity contribution in [1.29, 1.82) is 0 Å². The number of rotatable bonds is 6. The van der Waals surface area contributed by atoms with Gasteiger partial charge in [0.25, 0.3) is 11.8 Å². The molecule has 0 bridgehead atoms. The van der Waals surface area contributed by atoms with Gasteiger partial charge in [0.05, 0.1) is 0 Å². The molecule has 0 saturated carbocycles. The van der Waals surface area contributed by atoms with Crippen molar-refractivity contribution in [1.82, 2.24) is 10.3 Å². The number of nitrogens with one attached hydrogen (secondary N) is 2. The highest BCUT2D eigenvalue weighted by molar-refractivity contribution is 6.04. The Morgan fingerprint density at radius 1 is 1.04 bits per heavy atom. The van der Waals surface area contributed by atoms with Crippen LogP contribution >= 0.6 is 0 Å². The molecule has 2 N–H and O–H groups in total. The first-order valence-electron chi connectivity index (χ1n) is 8.97. The van der Waals surface area contributed by atoms with E-state index in [1.807, 2.05) is 24.3 Å². The molecule has 0 aliphatic rings. The molecule has 5 heteroatoms. The van der Waals surface area contributed by atoms with Crippen molar-refractivity contribution in [2.45, 2.75) is 46.0 Å². The van der Waals surface area contributed by atoms with Crippen LogP contribution in [0, 0.1) is 0 Å². The Kier molecular flexibility index (Phi) is 6.50. The fraction of sp³-hybridized carbons (Fsp3) is 0.381. The van der Waals surface area contributed by atoms with Crippen LogP contribution in [0.2, 0.25) is 0 Å². The lowest BCUT2D eigenvalue weighted by molar-refractivity contribution is 0.0953. The SMILES string of the molecule is CCCCNC(=O)c1ccnc(C(=O)Nc2ccc(C(C)(C)C)cc2)c1. The molecule has 5 nitrogen and oxygen atoms in total. The number of unbranched alkanes of at least 4 members (excludes halogenated alkanes) is 1. The third kappa shape index (κ3) is 5.41. The van der Waals surface area contributed by atoms with Crippen molar-refractivity contribution in [2.75, 3.05) is 11.9 Å². The van der Waals surface area contributed by atoms with Gasteiger partial charge in [-0.05, 0) is 41.7 Å². The predicted molar refractivity (Wildman–Crippen MR) is 105 cm³/mol. The van der Waals surface area contributed by atoms with Crippen LogP contribution < -0.4 is 10.6 Å². The Morgan fingerprint density at radius 2 is 1.73 bits per heavy atom. The van der Waals surface area contributed by atoms with Gasteiger partial charge in [0.2, 0.25) is 0 Å². The fourth-order valence-electron chi connectivity index (χ4n) is 2.43. The molecule has 2 rings (SSSR count). The third-order valence-corrected chi connectivity index (χ3v) is 4.08. The highest BCUT2D eigenvalue weighted by Gasteiger charge is 2.14. The van der Waals surface area contributed by atoms with Gasteiger partial charge >= 0.3 is 0 Å². The minimum absolute atomic E-state index is 0.0591. The maximum atomic E-state index is 12.4. The maximum absolute atomic E-state index is 12.4. The van der Waals surface area contributed by atoms with Crippen molar-refractivity contribution < 1.29 is 9.59 Å². The molecule has 0 aliphatic heterocycles. The van der Waals surface area contributed by atoms with Gasteiger partial charge < -0.3 is 10.6 Å². The van der Waals surface area contributed by atoms with Crippen LogP contribution in [0.15, 0.2) is 42.6 Å². The Bertz CT molecular complexity index is 762. The fourth-order valence-corrected chi connectivity index (χ4v) is 2.43. The van der Waals surface area contributed by atoms with Crippen LogP contribution in [0.25, 0.3) is 0 Å². The van der Waals surface area contributed by atoms with E-state index in [-0.39, 0.29) is 22.9 Å². The topological polar surface area (TPSA) is 71.1 Å². The van der Waals surface area contributed by atoms with Crippen LogP contribution in [-0.2, 0) is 5.41 Å². The molecule has 1 aromatic carbocycles. The van der Waals surface area contributed by atoms with Gasteiger partial charge in [-0.3, -0.25) is 14.6 Å². The number of aromatic nitrogens is 1. The Morgan fingerprint density at radius 3 is 2.35 bits per heavy atom. The first-order valence-corrected chi connectivity index (χ1v) is 8.97. The largest absolute Gasteiger partial charge is 0.352 e. The van der Waals surface area contributed by atoms with Crippen LogP contribution in [0.5, 0.6) is 0 Å². The first-order chi connectivity index (χ1) is 12.3. The van der Waals surface area contributed by atoms with Crippen molar-refractivity contribution in [2.24, 2.45) is 0 Å². The number of hydrogen-bond acceptors (Lipinski definition) is 3. The molecule has 0 unspecified atom stereocenters. The molecule has 26 heavy (non-hydrogen) atoms. The average molecular weight is 353 g/mol. The molecule has 2 aromatic rings. The lowest BCUT2D eigenvalue weighted by Crippen LogP contribution is -2.25. The van der Waals surface area contributed by atoms with Gasteiger partial charge in [-0.15, -0.1) is 0 Å². The molecule has 1 heterocycles. The van der Waals surface area contributed by atoms with E-state index in [0.717, 1.165) is 12.8 Å². The van der Waals surface area contributed by atoms with Crippen molar-refractivity contribution in [3.63, 3.8) is 0 Å². The zero-order valence-electron chi connectivity index (χ0n) is 15.9. The molecule has 0 spiro atoms. The molecule has 0 radical (unpaired) electrons. The summed E-state index contributed by atoms with van der Waals surface area (Å²) in [7, 11) is 0. The van der Waals surface area contributed by atoms with Crippen LogP contribution in [0.3, 0.4) is 0 Å². The minimum atomic E-state index is -0.336. The standard InChI is InChI=1S/C21H27N3O2/c1-5-6-12-23-19(25)15-11-13-22-18(14-15)20(26)24-17-9-7-16(8-10-17)21(2,3)4/h7-11,13-14H,5-6,12H2,1-4H3,(H,23,25)(H,24,26). The predicted octanol–water partition coefficient (Wildman–Crippen LogP) is 4.16. The van der Waals surface area contributed by atoms with Crippen LogP contribution in [-0.4, -0.2) is 23.3 Å². The number of hydrogen-bond donors (Lipinski definition) is 2. The maximum Gasteiger partial charge on any atom is 0.274 e. The summed E-state index contributed by atoms with van der Waals surface area (Å²) in [5, 5.41) is 5.66. The van der Waals surface area contributed by atoms with Crippen molar-refractivity contribution in [3.05, 3.63) is 59.4 Å². The molecule has 0 fully saturated rings. The summed E-state index contributed by atoms with van der Waals surface area (Å²) in [6.07, 6.45) is 3.42. The number of anilines is 1. The molecular weight excluding hydrogens is 326 g/mol. The van der Waals surface area contributed by atoms with E-state index in [9.17, 15) is 9.59 Å².